The maximum Gasteiger partial charge on any atom is 0.335 e. The van der Waals surface area contributed by atoms with Crippen molar-refractivity contribution in [3.8, 4) is 0 Å². The van der Waals surface area contributed by atoms with E-state index in [0.717, 1.165) is 18.4 Å². The first-order valence-electron chi connectivity index (χ1n) is 8.83. The van der Waals surface area contributed by atoms with Crippen molar-refractivity contribution < 1.29 is 14.7 Å². The normalized spacial score (nSPS) is 14.7. The van der Waals surface area contributed by atoms with E-state index in [1.807, 2.05) is 31.1 Å². The fourth-order valence-electron chi connectivity index (χ4n) is 3.29. The number of urea groups is 1. The van der Waals surface area contributed by atoms with Crippen LogP contribution in [0.2, 0.25) is 0 Å². The molecule has 0 spiro atoms. The van der Waals surface area contributed by atoms with E-state index in [1.54, 1.807) is 23.1 Å². The van der Waals surface area contributed by atoms with Crippen LogP contribution in [0.1, 0.15) is 34.7 Å². The highest BCUT2D eigenvalue weighted by atomic mass is 16.4. The number of aromatic carboxylic acids is 1. The fourth-order valence-corrected chi connectivity index (χ4v) is 3.29. The van der Waals surface area contributed by atoms with E-state index in [4.69, 9.17) is 0 Å². The van der Waals surface area contributed by atoms with E-state index in [1.165, 1.54) is 6.33 Å². The maximum absolute atomic E-state index is 12.5. The molecule has 1 aliphatic heterocycles. The van der Waals surface area contributed by atoms with Gasteiger partial charge in [0, 0.05) is 33.3 Å². The molecule has 1 saturated heterocycles. The Labute approximate surface area is 157 Å². The van der Waals surface area contributed by atoms with Gasteiger partial charge in [0.15, 0.2) is 0 Å². The van der Waals surface area contributed by atoms with Crippen molar-refractivity contribution in [2.45, 2.75) is 18.8 Å². The van der Waals surface area contributed by atoms with Gasteiger partial charge in [0.1, 0.15) is 18.0 Å². The maximum atomic E-state index is 12.5. The molecule has 142 valence electrons. The molecule has 1 aliphatic rings. The second-order valence-corrected chi connectivity index (χ2v) is 6.74. The van der Waals surface area contributed by atoms with Crippen LogP contribution < -0.4 is 10.2 Å². The van der Waals surface area contributed by atoms with Crippen molar-refractivity contribution in [1.29, 1.82) is 0 Å². The molecule has 2 N–H and O–H groups in total. The second kappa shape index (κ2) is 8.03. The van der Waals surface area contributed by atoms with Crippen molar-refractivity contribution in [3.63, 3.8) is 0 Å². The van der Waals surface area contributed by atoms with Gasteiger partial charge in [0.25, 0.3) is 0 Å². The van der Waals surface area contributed by atoms with Crippen LogP contribution in [-0.2, 0) is 0 Å². The molecule has 2 amide bonds. The monoisotopic (exact) mass is 369 g/mol. The number of rotatable bonds is 4. The first kappa shape index (κ1) is 18.6. The van der Waals surface area contributed by atoms with Gasteiger partial charge in [-0.15, -0.1) is 0 Å². The van der Waals surface area contributed by atoms with Gasteiger partial charge in [-0.1, -0.05) is 18.2 Å². The zero-order valence-corrected chi connectivity index (χ0v) is 15.4. The summed E-state index contributed by atoms with van der Waals surface area (Å²) in [5, 5.41) is 12.2. The van der Waals surface area contributed by atoms with Crippen molar-refractivity contribution >= 4 is 23.6 Å². The number of carbonyl (C=O) groups is 2. The molecule has 0 radical (unpaired) electrons. The van der Waals surface area contributed by atoms with Crippen LogP contribution in [0.25, 0.3) is 0 Å². The molecule has 0 saturated carbocycles. The van der Waals surface area contributed by atoms with Crippen LogP contribution >= 0.6 is 0 Å². The highest BCUT2D eigenvalue weighted by Gasteiger charge is 2.26. The van der Waals surface area contributed by atoms with Gasteiger partial charge < -0.3 is 14.9 Å². The van der Waals surface area contributed by atoms with Crippen LogP contribution in [-0.4, -0.2) is 59.2 Å². The van der Waals surface area contributed by atoms with E-state index < -0.39 is 5.97 Å². The lowest BCUT2D eigenvalue weighted by molar-refractivity contribution is 0.0694. The first-order chi connectivity index (χ1) is 13.0. The summed E-state index contributed by atoms with van der Waals surface area (Å²) in [6.45, 7) is 1.13. The SMILES string of the molecule is CN(C)c1cc(NC(=O)N2CCC(c3ccccc3C(=O)O)CC2)ncn1. The zero-order chi connectivity index (χ0) is 19.4. The molecule has 0 aliphatic carbocycles. The van der Waals surface area contributed by atoms with Gasteiger partial charge >= 0.3 is 12.0 Å². The van der Waals surface area contributed by atoms with E-state index in [2.05, 4.69) is 15.3 Å². The molecule has 8 heteroatoms. The Balaban J connectivity index is 1.62. The molecular formula is C19H23N5O3. The minimum absolute atomic E-state index is 0.140. The molecule has 0 bridgehead atoms. The molecule has 1 aromatic heterocycles. The summed E-state index contributed by atoms with van der Waals surface area (Å²) < 4.78 is 0. The van der Waals surface area contributed by atoms with E-state index in [0.29, 0.717) is 30.3 Å². The number of hydrogen-bond acceptors (Lipinski definition) is 5. The number of aromatic nitrogens is 2. The van der Waals surface area contributed by atoms with Gasteiger partial charge in [0.2, 0.25) is 0 Å². The van der Waals surface area contributed by atoms with Gasteiger partial charge in [-0.3, -0.25) is 5.32 Å². The number of nitrogens with one attached hydrogen (secondary N) is 1. The average molecular weight is 369 g/mol. The molecule has 8 nitrogen and oxygen atoms in total. The number of carboxylic acids is 1. The summed E-state index contributed by atoms with van der Waals surface area (Å²) >= 11 is 0. The average Bonchev–Trinajstić information content (AvgIpc) is 2.68. The Morgan fingerprint density at radius 2 is 1.89 bits per heavy atom. The number of carbonyl (C=O) groups excluding carboxylic acids is 1. The lowest BCUT2D eigenvalue weighted by Crippen LogP contribution is -2.40. The molecule has 1 aromatic carbocycles. The Bertz CT molecular complexity index is 832. The van der Waals surface area contributed by atoms with Gasteiger partial charge in [-0.2, -0.15) is 0 Å². The molecule has 0 unspecified atom stereocenters. The quantitative estimate of drug-likeness (QED) is 0.860. The predicted octanol–water partition coefficient (Wildman–Crippen LogP) is 2.65. The third-order valence-corrected chi connectivity index (χ3v) is 4.76. The highest BCUT2D eigenvalue weighted by molar-refractivity contribution is 5.90. The molecule has 3 rings (SSSR count). The Morgan fingerprint density at radius 1 is 1.19 bits per heavy atom. The molecule has 1 fully saturated rings. The number of likely N-dealkylation sites (tertiary alicyclic amines) is 1. The third kappa shape index (κ3) is 4.33. The summed E-state index contributed by atoms with van der Waals surface area (Å²) in [7, 11) is 3.74. The first-order valence-corrected chi connectivity index (χ1v) is 8.83. The van der Waals surface area contributed by atoms with Crippen molar-refractivity contribution in [3.05, 3.63) is 47.8 Å². The van der Waals surface area contributed by atoms with E-state index in [9.17, 15) is 14.7 Å². The summed E-state index contributed by atoms with van der Waals surface area (Å²) in [5.74, 6) is 0.397. The van der Waals surface area contributed by atoms with Crippen molar-refractivity contribution in [2.75, 3.05) is 37.4 Å². The second-order valence-electron chi connectivity index (χ2n) is 6.74. The third-order valence-electron chi connectivity index (χ3n) is 4.76. The van der Waals surface area contributed by atoms with Gasteiger partial charge in [-0.05, 0) is 30.4 Å². The van der Waals surface area contributed by atoms with Crippen LogP contribution in [0.3, 0.4) is 0 Å². The fraction of sp³-hybridized carbons (Fsp3) is 0.368. The number of amides is 2. The number of nitrogens with zero attached hydrogens (tertiary/aromatic N) is 4. The van der Waals surface area contributed by atoms with Crippen LogP contribution in [0.5, 0.6) is 0 Å². The van der Waals surface area contributed by atoms with Gasteiger partial charge in [0.05, 0.1) is 5.56 Å². The summed E-state index contributed by atoms with van der Waals surface area (Å²) in [4.78, 5) is 35.7. The van der Waals surface area contributed by atoms with Crippen LogP contribution in [0.4, 0.5) is 16.4 Å². The number of hydrogen-bond donors (Lipinski definition) is 2. The van der Waals surface area contributed by atoms with Crippen LogP contribution in [0.15, 0.2) is 36.7 Å². The Hall–Kier alpha value is -3.16. The molecule has 2 heterocycles. The van der Waals surface area contributed by atoms with Crippen LogP contribution in [0, 0.1) is 0 Å². The van der Waals surface area contributed by atoms with Gasteiger partial charge in [-0.25, -0.2) is 19.6 Å². The minimum atomic E-state index is -0.911. The topological polar surface area (TPSA) is 98.7 Å². The number of carboxylic acid groups (broad SMARTS) is 1. The minimum Gasteiger partial charge on any atom is -0.478 e. The number of piperidine rings is 1. The lowest BCUT2D eigenvalue weighted by Gasteiger charge is -2.32. The van der Waals surface area contributed by atoms with E-state index >= 15 is 0 Å². The van der Waals surface area contributed by atoms with E-state index in [-0.39, 0.29) is 11.9 Å². The largest absolute Gasteiger partial charge is 0.478 e. The Kier molecular flexibility index (Phi) is 5.54. The summed E-state index contributed by atoms with van der Waals surface area (Å²) in [6.07, 6.45) is 2.87. The molecule has 27 heavy (non-hydrogen) atoms. The Morgan fingerprint density at radius 3 is 2.56 bits per heavy atom. The lowest BCUT2D eigenvalue weighted by atomic mass is 9.86. The zero-order valence-electron chi connectivity index (χ0n) is 15.4. The van der Waals surface area contributed by atoms with Crippen molar-refractivity contribution in [1.82, 2.24) is 14.9 Å². The summed E-state index contributed by atoms with van der Waals surface area (Å²) in [6, 6.07) is 8.61. The standard InChI is InChI=1S/C19H23N5O3/c1-23(2)17-11-16(20-12-21-17)22-19(27)24-9-7-13(8-10-24)14-5-3-4-6-15(14)18(25)26/h3-6,11-13H,7-10H2,1-2H3,(H,25,26)(H,20,21,22,27). The van der Waals surface area contributed by atoms with Crippen molar-refractivity contribution in [2.24, 2.45) is 0 Å². The number of benzene rings is 1. The molecule has 0 atom stereocenters. The number of anilines is 2. The predicted molar refractivity (Wildman–Crippen MR) is 102 cm³/mol. The molecular weight excluding hydrogens is 346 g/mol. The smallest absolute Gasteiger partial charge is 0.335 e. The summed E-state index contributed by atoms with van der Waals surface area (Å²) in [5.41, 5.74) is 1.19. The molecule has 2 aromatic rings. The highest BCUT2D eigenvalue weighted by Crippen LogP contribution is 2.30.